The minimum absolute atomic E-state index is 0.688. The Kier molecular flexibility index (Phi) is 4.83. The van der Waals surface area contributed by atoms with E-state index < -0.39 is 0 Å². The first kappa shape index (κ1) is 13.3. The molecule has 0 aromatic heterocycles. The van der Waals surface area contributed by atoms with Crippen molar-refractivity contribution in [1.82, 2.24) is 9.80 Å². The fourth-order valence-corrected chi connectivity index (χ4v) is 3.37. The normalized spacial score (nSPS) is 33.4. The molecule has 3 atom stereocenters. The van der Waals surface area contributed by atoms with Gasteiger partial charge in [-0.2, -0.15) is 0 Å². The lowest BCUT2D eigenvalue weighted by atomic mass is 9.95. The van der Waals surface area contributed by atoms with Gasteiger partial charge in [0.1, 0.15) is 0 Å². The second kappa shape index (κ2) is 6.17. The average Bonchev–Trinajstić information content (AvgIpc) is 2.36. The van der Waals surface area contributed by atoms with Gasteiger partial charge < -0.3 is 5.73 Å². The van der Waals surface area contributed by atoms with Gasteiger partial charge in [0.25, 0.3) is 0 Å². The molecule has 0 saturated carbocycles. The van der Waals surface area contributed by atoms with Crippen LogP contribution in [0.2, 0.25) is 0 Å². The van der Waals surface area contributed by atoms with Gasteiger partial charge in [-0.1, -0.05) is 19.8 Å². The molecule has 0 aliphatic carbocycles. The first-order valence-corrected chi connectivity index (χ1v) is 7.42. The highest BCUT2D eigenvalue weighted by molar-refractivity contribution is 4.89. The van der Waals surface area contributed by atoms with Crippen LogP contribution in [0.5, 0.6) is 0 Å². The van der Waals surface area contributed by atoms with E-state index in [1.54, 1.807) is 0 Å². The summed E-state index contributed by atoms with van der Waals surface area (Å²) >= 11 is 0. The Labute approximate surface area is 106 Å². The first-order valence-electron chi connectivity index (χ1n) is 7.42. The highest BCUT2D eigenvalue weighted by Gasteiger charge is 2.33. The van der Waals surface area contributed by atoms with Crippen LogP contribution in [0, 0.1) is 5.92 Å². The zero-order valence-corrected chi connectivity index (χ0v) is 11.6. The average molecular weight is 239 g/mol. The molecule has 3 heteroatoms. The van der Waals surface area contributed by atoms with E-state index in [2.05, 4.69) is 23.6 Å². The Bertz CT molecular complexity index is 228. The van der Waals surface area contributed by atoms with Crippen molar-refractivity contribution in [2.45, 2.75) is 51.6 Å². The van der Waals surface area contributed by atoms with E-state index in [-0.39, 0.29) is 0 Å². The fourth-order valence-electron chi connectivity index (χ4n) is 3.37. The third kappa shape index (κ3) is 3.21. The first-order chi connectivity index (χ1) is 8.24. The third-order valence-electron chi connectivity index (χ3n) is 4.72. The van der Waals surface area contributed by atoms with Gasteiger partial charge in [0.2, 0.25) is 0 Å². The van der Waals surface area contributed by atoms with Crippen molar-refractivity contribution in [1.29, 1.82) is 0 Å². The second-order valence-electron chi connectivity index (χ2n) is 5.96. The van der Waals surface area contributed by atoms with Gasteiger partial charge in [-0.3, -0.25) is 9.80 Å². The molecule has 2 aliphatic heterocycles. The standard InChI is InChI=1S/C14H29N3/c1-3-13(8-15)10-17-11-14-6-4-5-7-16(14)9-12(17)2/h12-14H,3-11,15H2,1-2H3. The minimum Gasteiger partial charge on any atom is -0.330 e. The van der Waals surface area contributed by atoms with Crippen LogP contribution in [0.4, 0.5) is 0 Å². The van der Waals surface area contributed by atoms with Crippen molar-refractivity contribution >= 4 is 0 Å². The molecule has 100 valence electrons. The molecule has 2 saturated heterocycles. The highest BCUT2D eigenvalue weighted by atomic mass is 15.3. The molecule has 2 aliphatic rings. The summed E-state index contributed by atoms with van der Waals surface area (Å²) in [5, 5.41) is 0. The van der Waals surface area contributed by atoms with Crippen molar-refractivity contribution in [3.05, 3.63) is 0 Å². The maximum absolute atomic E-state index is 5.84. The lowest BCUT2D eigenvalue weighted by Gasteiger charge is -2.48. The predicted octanol–water partition coefficient (Wildman–Crippen LogP) is 1.53. The zero-order chi connectivity index (χ0) is 12.3. The molecule has 2 rings (SSSR count). The van der Waals surface area contributed by atoms with Crippen LogP contribution in [-0.2, 0) is 0 Å². The molecule has 3 unspecified atom stereocenters. The lowest BCUT2D eigenvalue weighted by Crippen LogP contribution is -2.59. The van der Waals surface area contributed by atoms with Gasteiger partial charge >= 0.3 is 0 Å². The van der Waals surface area contributed by atoms with Crippen LogP contribution in [0.1, 0.15) is 39.5 Å². The molecule has 2 N–H and O–H groups in total. The van der Waals surface area contributed by atoms with Crippen LogP contribution in [-0.4, -0.2) is 54.6 Å². The number of piperidine rings is 1. The SMILES string of the molecule is CCC(CN)CN1CC2CCCCN2CC1C. The van der Waals surface area contributed by atoms with E-state index in [1.807, 2.05) is 0 Å². The number of nitrogens with zero attached hydrogens (tertiary/aromatic N) is 2. The molecule has 2 fully saturated rings. The molecule has 0 bridgehead atoms. The molecule has 3 nitrogen and oxygen atoms in total. The summed E-state index contributed by atoms with van der Waals surface area (Å²) in [6.45, 7) is 10.6. The highest BCUT2D eigenvalue weighted by Crippen LogP contribution is 2.24. The molecular formula is C14H29N3. The summed E-state index contributed by atoms with van der Waals surface area (Å²) < 4.78 is 0. The van der Waals surface area contributed by atoms with Crippen molar-refractivity contribution in [2.75, 3.05) is 32.7 Å². The van der Waals surface area contributed by atoms with Crippen molar-refractivity contribution < 1.29 is 0 Å². The number of fused-ring (bicyclic) bond motifs is 1. The van der Waals surface area contributed by atoms with Gasteiger partial charge in [-0.05, 0) is 38.8 Å². The van der Waals surface area contributed by atoms with Gasteiger partial charge in [0.15, 0.2) is 0 Å². The Morgan fingerprint density at radius 3 is 2.82 bits per heavy atom. The minimum atomic E-state index is 0.688. The van der Waals surface area contributed by atoms with Crippen molar-refractivity contribution in [3.8, 4) is 0 Å². The van der Waals surface area contributed by atoms with Crippen molar-refractivity contribution in [3.63, 3.8) is 0 Å². The molecule has 0 amide bonds. The van der Waals surface area contributed by atoms with Crippen LogP contribution >= 0.6 is 0 Å². The van der Waals surface area contributed by atoms with Crippen molar-refractivity contribution in [2.24, 2.45) is 11.7 Å². The van der Waals surface area contributed by atoms with Gasteiger partial charge in [-0.15, -0.1) is 0 Å². The molecular weight excluding hydrogens is 210 g/mol. The number of hydrogen-bond donors (Lipinski definition) is 1. The zero-order valence-electron chi connectivity index (χ0n) is 11.6. The van der Waals surface area contributed by atoms with E-state index in [1.165, 1.54) is 51.9 Å². The quantitative estimate of drug-likeness (QED) is 0.807. The van der Waals surface area contributed by atoms with Crippen LogP contribution < -0.4 is 5.73 Å². The van der Waals surface area contributed by atoms with E-state index in [0.717, 1.165) is 12.6 Å². The molecule has 0 radical (unpaired) electrons. The molecule has 2 heterocycles. The molecule has 0 aromatic carbocycles. The van der Waals surface area contributed by atoms with Gasteiger partial charge in [-0.25, -0.2) is 0 Å². The molecule has 17 heavy (non-hydrogen) atoms. The topological polar surface area (TPSA) is 32.5 Å². The number of nitrogens with two attached hydrogens (primary N) is 1. The second-order valence-corrected chi connectivity index (χ2v) is 5.96. The van der Waals surface area contributed by atoms with Crippen LogP contribution in [0.3, 0.4) is 0 Å². The van der Waals surface area contributed by atoms with E-state index in [0.29, 0.717) is 12.0 Å². The van der Waals surface area contributed by atoms with E-state index in [4.69, 9.17) is 5.73 Å². The lowest BCUT2D eigenvalue weighted by molar-refractivity contribution is 0.00800. The summed E-state index contributed by atoms with van der Waals surface area (Å²) in [5.74, 6) is 0.688. The smallest absolute Gasteiger partial charge is 0.0223 e. The monoisotopic (exact) mass is 239 g/mol. The summed E-state index contributed by atoms with van der Waals surface area (Å²) in [6.07, 6.45) is 5.46. The Hall–Kier alpha value is -0.120. The largest absolute Gasteiger partial charge is 0.330 e. The van der Waals surface area contributed by atoms with E-state index >= 15 is 0 Å². The summed E-state index contributed by atoms with van der Waals surface area (Å²) in [5.41, 5.74) is 5.84. The maximum Gasteiger partial charge on any atom is 0.0223 e. The molecule has 0 aromatic rings. The number of hydrogen-bond acceptors (Lipinski definition) is 3. The van der Waals surface area contributed by atoms with E-state index in [9.17, 15) is 0 Å². The summed E-state index contributed by atoms with van der Waals surface area (Å²) in [4.78, 5) is 5.40. The Morgan fingerprint density at radius 2 is 2.12 bits per heavy atom. The predicted molar refractivity (Wildman–Crippen MR) is 73.1 cm³/mol. The van der Waals surface area contributed by atoms with Gasteiger partial charge in [0, 0.05) is 31.7 Å². The Morgan fingerprint density at radius 1 is 1.29 bits per heavy atom. The fraction of sp³-hybridized carbons (Fsp3) is 1.00. The Balaban J connectivity index is 1.90. The maximum atomic E-state index is 5.84. The molecule has 0 spiro atoms. The van der Waals surface area contributed by atoms with Gasteiger partial charge in [0.05, 0.1) is 0 Å². The summed E-state index contributed by atoms with van der Waals surface area (Å²) in [6, 6.07) is 1.54. The summed E-state index contributed by atoms with van der Waals surface area (Å²) in [7, 11) is 0. The van der Waals surface area contributed by atoms with Crippen LogP contribution in [0.15, 0.2) is 0 Å². The number of rotatable bonds is 4. The van der Waals surface area contributed by atoms with Crippen LogP contribution in [0.25, 0.3) is 0 Å². The third-order valence-corrected chi connectivity index (χ3v) is 4.72. The number of piperazine rings is 1.